The fourth-order valence-corrected chi connectivity index (χ4v) is 5.28. The average molecular weight is 463 g/mol. The second kappa shape index (κ2) is 10.2. The molecule has 1 saturated heterocycles. The third kappa shape index (κ3) is 4.95. The van der Waals surface area contributed by atoms with Gasteiger partial charge in [-0.3, -0.25) is 14.8 Å². The molecule has 7 heteroatoms. The number of nitrogens with zero attached hydrogens (tertiary/aromatic N) is 3. The van der Waals surface area contributed by atoms with E-state index in [9.17, 15) is 9.90 Å². The van der Waals surface area contributed by atoms with Crippen molar-refractivity contribution < 1.29 is 14.6 Å². The molecule has 0 radical (unpaired) electrons. The molecule has 1 amide bonds. The lowest BCUT2D eigenvalue weighted by molar-refractivity contribution is 0.0342. The predicted molar refractivity (Wildman–Crippen MR) is 133 cm³/mol. The quantitative estimate of drug-likeness (QED) is 0.564. The van der Waals surface area contributed by atoms with E-state index in [0.717, 1.165) is 67.1 Å². The first-order valence-electron chi connectivity index (χ1n) is 12.5. The molecule has 2 heterocycles. The highest BCUT2D eigenvalue weighted by Gasteiger charge is 2.22. The van der Waals surface area contributed by atoms with Crippen molar-refractivity contribution in [1.29, 1.82) is 0 Å². The highest BCUT2D eigenvalue weighted by atomic mass is 16.5. The molecule has 5 rings (SSSR count). The van der Waals surface area contributed by atoms with E-state index in [2.05, 4.69) is 27.2 Å². The number of amides is 1. The number of hydrogen-bond donors (Lipinski definition) is 2. The van der Waals surface area contributed by atoms with Crippen LogP contribution in [0.3, 0.4) is 0 Å². The molecule has 180 valence electrons. The molecule has 2 aliphatic rings. The van der Waals surface area contributed by atoms with E-state index in [1.165, 1.54) is 32.1 Å². The summed E-state index contributed by atoms with van der Waals surface area (Å²) in [5, 5.41) is 19.2. The number of fused-ring (bicyclic) bond motifs is 1. The summed E-state index contributed by atoms with van der Waals surface area (Å²) in [7, 11) is 1.76. The fourth-order valence-electron chi connectivity index (χ4n) is 5.28. The van der Waals surface area contributed by atoms with E-state index < -0.39 is 0 Å². The summed E-state index contributed by atoms with van der Waals surface area (Å²) < 4.78 is 5.44. The third-order valence-electron chi connectivity index (χ3n) is 7.31. The molecule has 1 aromatic heterocycles. The summed E-state index contributed by atoms with van der Waals surface area (Å²) in [6.45, 7) is 4.19. The van der Waals surface area contributed by atoms with E-state index in [1.54, 1.807) is 18.0 Å². The van der Waals surface area contributed by atoms with Crippen LogP contribution in [-0.2, 0) is 17.7 Å². The lowest BCUT2D eigenvalue weighted by Crippen LogP contribution is -2.35. The van der Waals surface area contributed by atoms with Gasteiger partial charge in [-0.1, -0.05) is 44.2 Å². The highest BCUT2D eigenvalue weighted by Crippen LogP contribution is 2.32. The Morgan fingerprint density at radius 3 is 2.76 bits per heavy atom. The lowest BCUT2D eigenvalue weighted by Gasteiger charge is -2.27. The first kappa shape index (κ1) is 22.9. The number of carbonyl (C=O) groups excluding carboxylic acids is 1. The molecule has 2 fully saturated rings. The summed E-state index contributed by atoms with van der Waals surface area (Å²) in [5.41, 5.74) is 4.04. The van der Waals surface area contributed by atoms with Gasteiger partial charge in [-0.2, -0.15) is 5.10 Å². The van der Waals surface area contributed by atoms with Gasteiger partial charge in [-0.25, -0.2) is 0 Å². The minimum Gasteiger partial charge on any atom is -0.507 e. The minimum atomic E-state index is -0.229. The van der Waals surface area contributed by atoms with E-state index in [1.807, 2.05) is 18.2 Å². The standard InChI is InChI=1S/C27H34N4O3/c1-30(21-9-5-8-20(14-21)18-31-10-12-34-13-11-31)27(33)23-16-22-24(15-19-6-3-2-4-7-19)28-29-25(22)17-26(23)32/h5,8-9,14,16-17,19,32H,2-4,6-7,10-13,15,18H2,1H3,(H,28,29). The van der Waals surface area contributed by atoms with E-state index in [0.29, 0.717) is 11.5 Å². The number of benzene rings is 2. The van der Waals surface area contributed by atoms with Crippen molar-refractivity contribution in [3.8, 4) is 5.75 Å². The van der Waals surface area contributed by atoms with Crippen LogP contribution in [0.2, 0.25) is 0 Å². The van der Waals surface area contributed by atoms with Gasteiger partial charge in [0.2, 0.25) is 0 Å². The minimum absolute atomic E-state index is 0.0262. The monoisotopic (exact) mass is 462 g/mol. The van der Waals surface area contributed by atoms with Crippen molar-refractivity contribution in [1.82, 2.24) is 15.1 Å². The second-order valence-electron chi connectivity index (χ2n) is 9.72. The van der Waals surface area contributed by atoms with Gasteiger partial charge >= 0.3 is 0 Å². The molecule has 1 saturated carbocycles. The molecule has 0 unspecified atom stereocenters. The third-order valence-corrected chi connectivity index (χ3v) is 7.31. The Kier molecular flexibility index (Phi) is 6.83. The SMILES string of the molecule is CN(C(=O)c1cc2c(CC3CCCCC3)n[nH]c2cc1O)c1cccc(CN2CCOCC2)c1. The number of nitrogens with one attached hydrogen (secondary N) is 1. The zero-order valence-corrected chi connectivity index (χ0v) is 19.9. The van der Waals surface area contributed by atoms with Gasteiger partial charge < -0.3 is 14.7 Å². The van der Waals surface area contributed by atoms with Gasteiger partial charge in [0, 0.05) is 43.8 Å². The van der Waals surface area contributed by atoms with Crippen molar-refractivity contribution in [3.63, 3.8) is 0 Å². The Morgan fingerprint density at radius 1 is 1.18 bits per heavy atom. The number of phenols is 1. The van der Waals surface area contributed by atoms with Gasteiger partial charge in [0.15, 0.2) is 0 Å². The number of aromatic hydroxyl groups is 1. The van der Waals surface area contributed by atoms with Crippen LogP contribution in [0.25, 0.3) is 10.9 Å². The van der Waals surface area contributed by atoms with E-state index in [4.69, 9.17) is 4.74 Å². The summed E-state index contributed by atoms with van der Waals surface area (Å²) >= 11 is 0. The zero-order valence-electron chi connectivity index (χ0n) is 19.9. The van der Waals surface area contributed by atoms with Gasteiger partial charge in [0.05, 0.1) is 30.0 Å². The maximum atomic E-state index is 13.4. The van der Waals surface area contributed by atoms with Gasteiger partial charge in [0.1, 0.15) is 5.75 Å². The van der Waals surface area contributed by atoms with Crippen LogP contribution < -0.4 is 4.90 Å². The first-order valence-corrected chi connectivity index (χ1v) is 12.5. The van der Waals surface area contributed by atoms with Crippen molar-refractivity contribution in [2.24, 2.45) is 5.92 Å². The van der Waals surface area contributed by atoms with Crippen LogP contribution in [0.1, 0.15) is 53.7 Å². The number of aromatic nitrogens is 2. The number of aromatic amines is 1. The number of carbonyl (C=O) groups is 1. The summed E-state index contributed by atoms with van der Waals surface area (Å²) in [4.78, 5) is 17.4. The number of phenolic OH excluding ortho intramolecular Hbond substituents is 1. The van der Waals surface area contributed by atoms with Gasteiger partial charge in [-0.05, 0) is 36.1 Å². The summed E-state index contributed by atoms with van der Waals surface area (Å²) in [6, 6.07) is 11.5. The van der Waals surface area contributed by atoms with Crippen molar-refractivity contribution in [2.75, 3.05) is 38.3 Å². The normalized spacial score (nSPS) is 17.8. The zero-order chi connectivity index (χ0) is 23.5. The molecule has 3 aromatic rings. The second-order valence-corrected chi connectivity index (χ2v) is 9.72. The Bertz CT molecular complexity index is 1150. The predicted octanol–water partition coefficient (Wildman–Crippen LogP) is 4.50. The molecule has 7 nitrogen and oxygen atoms in total. The van der Waals surface area contributed by atoms with Gasteiger partial charge in [-0.15, -0.1) is 0 Å². The molecule has 34 heavy (non-hydrogen) atoms. The number of rotatable bonds is 6. The molecule has 0 atom stereocenters. The summed E-state index contributed by atoms with van der Waals surface area (Å²) in [5.74, 6) is 0.388. The molecule has 0 spiro atoms. The first-order chi connectivity index (χ1) is 16.6. The number of ether oxygens (including phenoxy) is 1. The van der Waals surface area contributed by atoms with E-state index >= 15 is 0 Å². The largest absolute Gasteiger partial charge is 0.507 e. The molecule has 0 bridgehead atoms. The van der Waals surface area contributed by atoms with Crippen molar-refractivity contribution in [2.45, 2.75) is 45.1 Å². The number of morpholine rings is 1. The lowest BCUT2D eigenvalue weighted by atomic mass is 9.85. The summed E-state index contributed by atoms with van der Waals surface area (Å²) in [6.07, 6.45) is 7.28. The van der Waals surface area contributed by atoms with E-state index in [-0.39, 0.29) is 11.7 Å². The molecule has 1 aliphatic carbocycles. The van der Waals surface area contributed by atoms with Crippen LogP contribution >= 0.6 is 0 Å². The molecule has 1 aliphatic heterocycles. The molecule has 2 N–H and O–H groups in total. The topological polar surface area (TPSA) is 81.7 Å². The highest BCUT2D eigenvalue weighted by molar-refractivity contribution is 6.09. The average Bonchev–Trinajstić information content (AvgIpc) is 3.25. The van der Waals surface area contributed by atoms with Crippen molar-refractivity contribution >= 4 is 22.5 Å². The fraction of sp³-hybridized carbons (Fsp3) is 0.481. The van der Waals surface area contributed by atoms with Crippen LogP contribution in [0.15, 0.2) is 36.4 Å². The Labute approximate surface area is 200 Å². The Morgan fingerprint density at radius 2 is 1.97 bits per heavy atom. The maximum Gasteiger partial charge on any atom is 0.261 e. The Balaban J connectivity index is 1.36. The number of anilines is 1. The molecular weight excluding hydrogens is 428 g/mol. The van der Waals surface area contributed by atoms with Gasteiger partial charge in [0.25, 0.3) is 5.91 Å². The smallest absolute Gasteiger partial charge is 0.261 e. The maximum absolute atomic E-state index is 13.4. The van der Waals surface area contributed by atoms with Crippen molar-refractivity contribution in [3.05, 3.63) is 53.2 Å². The van der Waals surface area contributed by atoms with Crippen LogP contribution in [0.5, 0.6) is 5.75 Å². The molecule has 2 aromatic carbocycles. The van der Waals surface area contributed by atoms with Crippen LogP contribution in [-0.4, -0.2) is 59.5 Å². The van der Waals surface area contributed by atoms with Crippen LogP contribution in [0, 0.1) is 5.92 Å². The molecular formula is C27H34N4O3. The Hall–Kier alpha value is -2.90. The number of hydrogen-bond acceptors (Lipinski definition) is 5. The van der Waals surface area contributed by atoms with Crippen LogP contribution in [0.4, 0.5) is 5.69 Å². The number of H-pyrrole nitrogens is 1.